The van der Waals surface area contributed by atoms with Crippen LogP contribution in [0.4, 0.5) is 0 Å². The van der Waals surface area contributed by atoms with Crippen LogP contribution in [0, 0.1) is 0 Å². The fraction of sp³-hybridized carbons (Fsp3) is 0.417. The maximum absolute atomic E-state index is 12.8. The minimum absolute atomic E-state index is 0.0630. The molecule has 1 aliphatic carbocycles. The maximum Gasteiger partial charge on any atom is 0.466 e. The Bertz CT molecular complexity index is 1120. The van der Waals surface area contributed by atoms with Crippen molar-refractivity contribution in [3.8, 4) is 0 Å². The van der Waals surface area contributed by atoms with Gasteiger partial charge in [0.05, 0.1) is 0 Å². The van der Waals surface area contributed by atoms with Crippen LogP contribution in [0.15, 0.2) is 42.5 Å². The van der Waals surface area contributed by atoms with Crippen LogP contribution >= 0.6 is 15.6 Å². The number of nitrogens with one attached hydrogen (secondary N) is 2. The highest BCUT2D eigenvalue weighted by Gasteiger charge is 2.32. The molecule has 0 saturated heterocycles. The fourth-order valence-corrected chi connectivity index (χ4v) is 3.61. The molecule has 1 aliphatic rings. The van der Waals surface area contributed by atoms with E-state index in [0.717, 1.165) is 31.5 Å². The van der Waals surface area contributed by atoms with Gasteiger partial charge in [0.15, 0.2) is 11.6 Å². The third kappa shape index (κ3) is 13.1. The van der Waals surface area contributed by atoms with Crippen molar-refractivity contribution in [1.29, 1.82) is 0 Å². The van der Waals surface area contributed by atoms with Gasteiger partial charge in [-0.25, -0.2) is 9.13 Å². The molecule has 12 nitrogen and oxygen atoms in total. The number of hydrogen-bond donors (Lipinski definition) is 8. The quantitative estimate of drug-likeness (QED) is 0.199. The van der Waals surface area contributed by atoms with Gasteiger partial charge in [0.25, 0.3) is 0 Å². The number of ketones is 2. The molecule has 1 atom stereocenters. The van der Waals surface area contributed by atoms with Crippen molar-refractivity contribution in [2.45, 2.75) is 46.1 Å². The molecule has 3 rings (SSSR count). The van der Waals surface area contributed by atoms with E-state index in [1.54, 1.807) is 30.3 Å². The number of fused-ring (bicyclic) bond motifs is 2. The summed E-state index contributed by atoms with van der Waals surface area (Å²) in [4.78, 5) is 68.6. The van der Waals surface area contributed by atoms with Crippen molar-refractivity contribution in [3.63, 3.8) is 0 Å². The van der Waals surface area contributed by atoms with Crippen molar-refractivity contribution in [3.05, 3.63) is 70.3 Å². The molecule has 214 valence electrons. The van der Waals surface area contributed by atoms with Crippen molar-refractivity contribution in [2.24, 2.45) is 0 Å². The molecule has 2 aromatic carbocycles. The molecule has 8 N–H and O–H groups in total. The van der Waals surface area contributed by atoms with Gasteiger partial charge in [-0.05, 0) is 51.2 Å². The summed E-state index contributed by atoms with van der Waals surface area (Å²) in [6.45, 7) is 10.7. The van der Waals surface area contributed by atoms with Gasteiger partial charge in [-0.1, -0.05) is 57.5 Å². The van der Waals surface area contributed by atoms with Crippen LogP contribution in [0.1, 0.15) is 77.9 Å². The van der Waals surface area contributed by atoms with Crippen LogP contribution in [-0.2, 0) is 14.7 Å². The van der Waals surface area contributed by atoms with Crippen molar-refractivity contribution >= 4 is 27.2 Å². The number of rotatable bonds is 6. The lowest BCUT2D eigenvalue weighted by atomic mass is 9.80. The Morgan fingerprint density at radius 3 is 1.47 bits per heavy atom. The van der Waals surface area contributed by atoms with Gasteiger partial charge in [0, 0.05) is 27.8 Å². The van der Waals surface area contributed by atoms with Crippen LogP contribution < -0.4 is 10.6 Å². The fourth-order valence-electron chi connectivity index (χ4n) is 3.61. The zero-order chi connectivity index (χ0) is 29.7. The number of hydrogen-bond acceptors (Lipinski definition) is 6. The average Bonchev–Trinajstić information content (AvgIpc) is 2.81. The van der Waals surface area contributed by atoms with Gasteiger partial charge in [0.1, 0.15) is 0 Å². The lowest BCUT2D eigenvalue weighted by Crippen LogP contribution is -2.37. The molecule has 0 spiro atoms. The van der Waals surface area contributed by atoms with Crippen LogP contribution in [0.2, 0.25) is 0 Å². The first-order valence-corrected chi connectivity index (χ1v) is 14.9. The molecule has 1 unspecified atom stereocenters. The Morgan fingerprint density at radius 1 is 0.737 bits per heavy atom. The predicted molar refractivity (Wildman–Crippen MR) is 144 cm³/mol. The predicted octanol–water partition coefficient (Wildman–Crippen LogP) is 2.46. The van der Waals surface area contributed by atoms with Crippen LogP contribution in [0.3, 0.4) is 0 Å². The Morgan fingerprint density at radius 2 is 1.13 bits per heavy atom. The summed E-state index contributed by atoms with van der Waals surface area (Å²) in [5, 5.41) is 6.46. The lowest BCUT2D eigenvalue weighted by Gasteiger charge is -2.31. The largest absolute Gasteiger partial charge is 0.466 e. The van der Waals surface area contributed by atoms with Crippen LogP contribution in [0.25, 0.3) is 0 Å². The first-order valence-electron chi connectivity index (χ1n) is 11.7. The highest BCUT2D eigenvalue weighted by atomic mass is 31.2. The van der Waals surface area contributed by atoms with E-state index in [4.69, 9.17) is 38.5 Å². The SMILES string of the molecule is CCCC(C)(NC)c1ccc2c(c1)C(=O)c1ccccc1C2=O.CCNCC.O=P(O)(O)O.O=P(O)(O)O. The second kappa shape index (κ2) is 16.1. The number of phosphoric acid groups is 2. The summed E-state index contributed by atoms with van der Waals surface area (Å²) in [5.41, 5.74) is 2.87. The van der Waals surface area contributed by atoms with E-state index < -0.39 is 15.6 Å². The summed E-state index contributed by atoms with van der Waals surface area (Å²) < 4.78 is 17.8. The molecule has 0 fully saturated rings. The highest BCUT2D eigenvalue weighted by Crippen LogP contribution is 2.32. The van der Waals surface area contributed by atoms with Crippen LogP contribution in [0.5, 0.6) is 0 Å². The van der Waals surface area contributed by atoms with E-state index in [0.29, 0.717) is 22.3 Å². The zero-order valence-electron chi connectivity index (χ0n) is 22.1. The second-order valence-electron chi connectivity index (χ2n) is 8.28. The van der Waals surface area contributed by atoms with E-state index in [2.05, 4.69) is 38.3 Å². The molecule has 14 heteroatoms. The van der Waals surface area contributed by atoms with Crippen molar-refractivity contribution < 1.29 is 48.1 Å². The standard InChI is InChI=1S/C20H21NO2.C4H11N.2H3O4P/c1-4-11-20(2,21-3)13-9-10-16-17(12-13)19(23)15-8-6-5-7-14(15)18(16)22;1-3-5-4-2;2*1-5(2,3)4/h5-10,12,21H,4,11H2,1-3H3;5H,3-4H2,1-2H3;2*(H3,1,2,3,4). The first-order chi connectivity index (χ1) is 17.4. The third-order valence-corrected chi connectivity index (χ3v) is 5.36. The Balaban J connectivity index is 0.000000751. The van der Waals surface area contributed by atoms with E-state index in [1.807, 2.05) is 19.2 Å². The normalized spacial score (nSPS) is 13.8. The molecule has 0 aromatic heterocycles. The second-order valence-corrected chi connectivity index (χ2v) is 10.3. The molecule has 38 heavy (non-hydrogen) atoms. The third-order valence-electron chi connectivity index (χ3n) is 5.36. The van der Waals surface area contributed by atoms with E-state index in [9.17, 15) is 9.59 Å². The molecular weight excluding hydrogens is 538 g/mol. The smallest absolute Gasteiger partial charge is 0.317 e. The van der Waals surface area contributed by atoms with Gasteiger partial charge >= 0.3 is 15.6 Å². The lowest BCUT2D eigenvalue weighted by molar-refractivity contribution is 0.0979. The monoisotopic (exact) mass is 576 g/mol. The molecule has 2 aromatic rings. The Labute approximate surface area is 222 Å². The molecule has 0 heterocycles. The minimum atomic E-state index is -4.64. The summed E-state index contributed by atoms with van der Waals surface area (Å²) in [7, 11) is -7.35. The van der Waals surface area contributed by atoms with E-state index >= 15 is 0 Å². The zero-order valence-corrected chi connectivity index (χ0v) is 23.9. The summed E-state index contributed by atoms with van der Waals surface area (Å²) in [6, 6.07) is 12.7. The Kier molecular flexibility index (Phi) is 15.2. The Hall–Kier alpha value is -2.08. The van der Waals surface area contributed by atoms with Gasteiger partial charge < -0.3 is 40.0 Å². The van der Waals surface area contributed by atoms with Crippen LogP contribution in [-0.4, -0.2) is 61.1 Å². The summed E-state index contributed by atoms with van der Waals surface area (Å²) in [5.74, 6) is -0.129. The number of benzene rings is 2. The number of carbonyl (C=O) groups excluding carboxylic acids is 2. The molecule has 0 saturated carbocycles. The van der Waals surface area contributed by atoms with E-state index in [1.165, 1.54) is 0 Å². The van der Waals surface area contributed by atoms with E-state index in [-0.39, 0.29) is 17.1 Å². The number of carbonyl (C=O) groups is 2. The molecule has 0 bridgehead atoms. The maximum atomic E-state index is 12.8. The van der Waals surface area contributed by atoms with Gasteiger partial charge in [-0.3, -0.25) is 9.59 Å². The van der Waals surface area contributed by atoms with Crippen molar-refractivity contribution in [1.82, 2.24) is 10.6 Å². The van der Waals surface area contributed by atoms with Gasteiger partial charge in [-0.2, -0.15) is 0 Å². The highest BCUT2D eigenvalue weighted by molar-refractivity contribution is 7.45. The summed E-state index contributed by atoms with van der Waals surface area (Å²) >= 11 is 0. The van der Waals surface area contributed by atoms with Crippen molar-refractivity contribution in [2.75, 3.05) is 20.1 Å². The van der Waals surface area contributed by atoms with Gasteiger partial charge in [-0.15, -0.1) is 0 Å². The molecule has 0 aliphatic heterocycles. The minimum Gasteiger partial charge on any atom is -0.317 e. The first kappa shape index (κ1) is 35.9. The average molecular weight is 577 g/mol. The molecular formula is C24H38N2O10P2. The molecule has 0 radical (unpaired) electrons. The van der Waals surface area contributed by atoms with Gasteiger partial charge in [0.2, 0.25) is 0 Å². The molecule has 0 amide bonds. The topological polar surface area (TPSA) is 214 Å². The summed E-state index contributed by atoms with van der Waals surface area (Å²) in [6.07, 6.45) is 1.99.